The number of hydrogen-bond acceptors (Lipinski definition) is 16. The molecule has 6 aromatic carbocycles. The first-order valence-electron chi connectivity index (χ1n) is 19.0. The minimum atomic E-state index is -4.79. The molecule has 19 heteroatoms. The highest BCUT2D eigenvalue weighted by molar-refractivity contribution is 7.86. The number of hydrogen-bond donors (Lipinski definition) is 8. The molecule has 7 N–H and O–H groups in total. The highest BCUT2D eigenvalue weighted by Gasteiger charge is 2.17. The Hall–Kier alpha value is -8.26. The van der Waals surface area contributed by atoms with Crippen LogP contribution in [-0.4, -0.2) is 51.3 Å². The fraction of sp³-hybridized carbons (Fsp3) is 0. The Balaban J connectivity index is 1.05. The number of aromatic nitrogens is 6. The first-order valence-corrected chi connectivity index (χ1v) is 21.6. The zero-order chi connectivity index (χ0) is 43.6. The monoisotopic (exact) mass is 876 g/mol. The summed E-state index contributed by atoms with van der Waals surface area (Å²) in [6.45, 7) is 0. The van der Waals surface area contributed by atoms with Crippen molar-refractivity contribution < 1.29 is 21.4 Å². The van der Waals surface area contributed by atoms with Crippen LogP contribution in [0.25, 0.3) is 12.2 Å². The lowest BCUT2D eigenvalue weighted by atomic mass is 10.1. The molecular weight excluding hydrogens is 841 g/mol. The van der Waals surface area contributed by atoms with Crippen molar-refractivity contribution in [2.45, 2.75) is 9.79 Å². The first kappa shape index (κ1) is 41.5. The minimum absolute atomic E-state index is 0.0635. The van der Waals surface area contributed by atoms with Crippen LogP contribution < -0.4 is 31.9 Å². The van der Waals surface area contributed by atoms with E-state index < -0.39 is 25.7 Å². The molecule has 0 saturated heterocycles. The molecule has 0 bridgehead atoms. The number of benzene rings is 6. The molecule has 0 amide bonds. The summed E-state index contributed by atoms with van der Waals surface area (Å²) in [5.74, 6) is 1.03. The van der Waals surface area contributed by atoms with Gasteiger partial charge in [-0.05, 0) is 83.9 Å². The lowest BCUT2D eigenvalue weighted by Crippen LogP contribution is -2.08. The van der Waals surface area contributed by atoms with Crippen molar-refractivity contribution in [1.29, 1.82) is 0 Å². The van der Waals surface area contributed by atoms with Crippen molar-refractivity contribution in [3.05, 3.63) is 169 Å². The van der Waals surface area contributed by atoms with E-state index in [9.17, 15) is 21.4 Å². The SMILES string of the molecule is O=[SH](=O)c1cc(Nc2nc(Nc3ccccc3)nc(Nc3ccccc3)n2)ccc1/C=C/c1ccc(Nc2nc(Nc3ccccc3)nc(Nc3ccccc3)n2)cc1S(=O)(=O)O. The summed E-state index contributed by atoms with van der Waals surface area (Å²) in [6.07, 6.45) is 2.82. The molecule has 2 heterocycles. The maximum Gasteiger partial charge on any atom is 0.295 e. The van der Waals surface area contributed by atoms with Crippen molar-refractivity contribution in [2.24, 2.45) is 0 Å². The second-order valence-electron chi connectivity index (χ2n) is 13.4. The lowest BCUT2D eigenvalue weighted by Gasteiger charge is -2.13. The lowest BCUT2D eigenvalue weighted by molar-refractivity contribution is 0.483. The molecule has 63 heavy (non-hydrogen) atoms. The maximum absolute atomic E-state index is 12.7. The molecule has 0 aliphatic carbocycles. The van der Waals surface area contributed by atoms with Crippen LogP contribution in [0.5, 0.6) is 0 Å². The predicted octanol–water partition coefficient (Wildman–Crippen LogP) is 8.91. The minimum Gasteiger partial charge on any atom is -0.324 e. The second-order valence-corrected chi connectivity index (χ2v) is 15.8. The summed E-state index contributed by atoms with van der Waals surface area (Å²) in [5, 5.41) is 18.6. The number of rotatable bonds is 16. The Labute approximate surface area is 363 Å². The molecule has 2 aromatic heterocycles. The van der Waals surface area contributed by atoms with Crippen LogP contribution in [0.2, 0.25) is 0 Å². The zero-order valence-electron chi connectivity index (χ0n) is 32.8. The van der Waals surface area contributed by atoms with E-state index >= 15 is 0 Å². The molecule has 0 atom stereocenters. The fourth-order valence-electron chi connectivity index (χ4n) is 6.02. The average Bonchev–Trinajstić information content (AvgIpc) is 3.27. The van der Waals surface area contributed by atoms with Gasteiger partial charge in [-0.25, -0.2) is 8.42 Å². The van der Waals surface area contributed by atoms with Crippen LogP contribution >= 0.6 is 0 Å². The van der Waals surface area contributed by atoms with Gasteiger partial charge >= 0.3 is 0 Å². The van der Waals surface area contributed by atoms with Crippen LogP contribution in [0.15, 0.2) is 168 Å². The fourth-order valence-corrected chi connectivity index (χ4v) is 7.34. The highest BCUT2D eigenvalue weighted by Crippen LogP contribution is 2.28. The molecule has 8 rings (SSSR count). The zero-order valence-corrected chi connectivity index (χ0v) is 34.5. The summed E-state index contributed by atoms with van der Waals surface area (Å²) in [5.41, 5.74) is 3.82. The summed E-state index contributed by atoms with van der Waals surface area (Å²) in [4.78, 5) is 26.4. The number of nitrogens with zero attached hydrogens (tertiary/aromatic N) is 6. The second kappa shape index (κ2) is 19.0. The van der Waals surface area contributed by atoms with Gasteiger partial charge in [0, 0.05) is 34.1 Å². The van der Waals surface area contributed by atoms with Gasteiger partial charge in [0.2, 0.25) is 35.7 Å². The third-order valence-electron chi connectivity index (χ3n) is 8.86. The van der Waals surface area contributed by atoms with E-state index in [0.29, 0.717) is 5.69 Å². The Kier molecular flexibility index (Phi) is 12.5. The summed E-state index contributed by atoms with van der Waals surface area (Å²) < 4.78 is 61.0. The third-order valence-corrected chi connectivity index (χ3v) is 10.6. The normalized spacial score (nSPS) is 11.3. The van der Waals surface area contributed by atoms with Crippen LogP contribution in [-0.2, 0) is 20.8 Å². The Morgan fingerprint density at radius 2 is 0.698 bits per heavy atom. The Morgan fingerprint density at radius 3 is 1.03 bits per heavy atom. The van der Waals surface area contributed by atoms with E-state index in [4.69, 9.17) is 0 Å². The Bertz CT molecular complexity index is 2970. The van der Waals surface area contributed by atoms with Gasteiger partial charge in [-0.1, -0.05) is 97.1 Å². The number of anilines is 12. The Morgan fingerprint density at radius 1 is 0.397 bits per heavy atom. The quantitative estimate of drug-likeness (QED) is 0.0257. The molecule has 0 unspecified atom stereocenters. The van der Waals surface area contributed by atoms with E-state index in [1.54, 1.807) is 18.2 Å². The molecule has 17 nitrogen and oxygen atoms in total. The van der Waals surface area contributed by atoms with E-state index in [0.717, 1.165) is 22.7 Å². The molecule has 0 fully saturated rings. The van der Waals surface area contributed by atoms with Crippen molar-refractivity contribution >= 4 is 103 Å². The van der Waals surface area contributed by atoms with Crippen molar-refractivity contribution in [1.82, 2.24) is 29.9 Å². The van der Waals surface area contributed by atoms with Crippen LogP contribution in [0.3, 0.4) is 0 Å². The predicted molar refractivity (Wildman–Crippen MR) is 245 cm³/mol. The molecule has 0 spiro atoms. The number of thiol groups is 1. The van der Waals surface area contributed by atoms with Gasteiger partial charge in [-0.3, -0.25) is 4.55 Å². The molecule has 314 valence electrons. The molecule has 8 aromatic rings. The largest absolute Gasteiger partial charge is 0.324 e. The number of para-hydroxylation sites is 4. The van der Waals surface area contributed by atoms with Crippen molar-refractivity contribution in [2.75, 3.05) is 31.9 Å². The molecule has 0 aliphatic rings. The van der Waals surface area contributed by atoms with Gasteiger partial charge in [-0.15, -0.1) is 0 Å². The molecule has 0 radical (unpaired) electrons. The standard InChI is InChI=1S/C44H36N12O5S2/c57-62(58)37-27-35(49-43-53-39(45-31-13-5-1-6-14-31)51-40(54-43)46-32-15-7-2-8-16-32)25-23-29(37)21-22-30-24-26-36(28-38(30)63(59,60)61)50-44-55-41(47-33-17-9-3-10-18-33)52-42(56-44)48-34-19-11-4-12-20-34/h1-28,62H,(H,59,60,61)(H3,45,46,49,51,53,54)(H3,47,48,50,52,55,56)/b22-21+. The van der Waals surface area contributed by atoms with E-state index in [-0.39, 0.29) is 57.4 Å². The highest BCUT2D eigenvalue weighted by atomic mass is 32.2. The molecule has 0 saturated carbocycles. The summed E-state index contributed by atoms with van der Waals surface area (Å²) >= 11 is 0. The van der Waals surface area contributed by atoms with Gasteiger partial charge in [0.1, 0.15) is 4.90 Å². The van der Waals surface area contributed by atoms with Gasteiger partial charge in [0.05, 0.1) is 4.90 Å². The van der Waals surface area contributed by atoms with Gasteiger partial charge in [0.25, 0.3) is 10.1 Å². The smallest absolute Gasteiger partial charge is 0.295 e. The summed E-state index contributed by atoms with van der Waals surface area (Å²) in [7, 11) is -7.94. The number of nitrogens with one attached hydrogen (secondary N) is 6. The van der Waals surface area contributed by atoms with Gasteiger partial charge < -0.3 is 31.9 Å². The van der Waals surface area contributed by atoms with Crippen LogP contribution in [0.4, 0.5) is 69.8 Å². The summed E-state index contributed by atoms with van der Waals surface area (Å²) in [6, 6.07) is 45.9. The van der Waals surface area contributed by atoms with Crippen molar-refractivity contribution in [3.63, 3.8) is 0 Å². The van der Waals surface area contributed by atoms with Crippen LogP contribution in [0.1, 0.15) is 11.1 Å². The maximum atomic E-state index is 12.7. The van der Waals surface area contributed by atoms with Crippen molar-refractivity contribution in [3.8, 4) is 0 Å². The first-order chi connectivity index (χ1) is 30.6. The topological polar surface area (TPSA) is 238 Å². The van der Waals surface area contributed by atoms with E-state index in [1.165, 1.54) is 30.4 Å². The van der Waals surface area contributed by atoms with E-state index in [2.05, 4.69) is 61.8 Å². The third kappa shape index (κ3) is 11.3. The average molecular weight is 877 g/mol. The molecular formula is C44H36N12O5S2. The van der Waals surface area contributed by atoms with Crippen LogP contribution in [0, 0.1) is 0 Å². The van der Waals surface area contributed by atoms with Gasteiger partial charge in [-0.2, -0.15) is 38.3 Å². The van der Waals surface area contributed by atoms with Gasteiger partial charge in [0.15, 0.2) is 10.7 Å². The van der Waals surface area contributed by atoms with E-state index in [1.807, 2.05) is 121 Å². The molecule has 0 aliphatic heterocycles.